The van der Waals surface area contributed by atoms with E-state index in [1.807, 2.05) is 30.3 Å². The zero-order valence-corrected chi connectivity index (χ0v) is 16.3. The number of aliphatic imine (C=N–C) groups is 1. The normalized spacial score (nSPS) is 11.8. The Bertz CT molecular complexity index is 683. The second-order valence-corrected chi connectivity index (χ2v) is 5.26. The maximum Gasteiger partial charge on any atom is 0.435 e. The Labute approximate surface area is 161 Å². The van der Waals surface area contributed by atoms with Crippen molar-refractivity contribution in [1.82, 2.24) is 20.4 Å². The van der Waals surface area contributed by atoms with E-state index in [0.717, 1.165) is 11.1 Å². The number of halogens is 4. The number of hydrogen-bond acceptors (Lipinski definition) is 2. The molecule has 0 saturated heterocycles. The van der Waals surface area contributed by atoms with E-state index in [2.05, 4.69) is 20.7 Å². The van der Waals surface area contributed by atoms with Gasteiger partial charge in [0.15, 0.2) is 11.7 Å². The lowest BCUT2D eigenvalue weighted by Crippen LogP contribution is -2.38. The molecule has 0 atom stereocenters. The van der Waals surface area contributed by atoms with Crippen LogP contribution in [0.5, 0.6) is 0 Å². The van der Waals surface area contributed by atoms with E-state index in [0.29, 0.717) is 12.5 Å². The highest BCUT2D eigenvalue weighted by Gasteiger charge is 2.36. The molecule has 0 aliphatic carbocycles. The highest BCUT2D eigenvalue weighted by Crippen LogP contribution is 2.30. The largest absolute Gasteiger partial charge is 0.435 e. The predicted molar refractivity (Wildman–Crippen MR) is 102 cm³/mol. The first-order chi connectivity index (χ1) is 11.4. The number of benzene rings is 1. The van der Waals surface area contributed by atoms with Gasteiger partial charge in [-0.1, -0.05) is 30.3 Å². The Morgan fingerprint density at radius 1 is 1.20 bits per heavy atom. The molecular formula is C16H21F3IN5. The second kappa shape index (κ2) is 9.64. The molecule has 0 unspecified atom stereocenters. The van der Waals surface area contributed by atoms with Gasteiger partial charge in [-0.3, -0.25) is 9.67 Å². The summed E-state index contributed by atoms with van der Waals surface area (Å²) in [6.45, 7) is 0.622. The Morgan fingerprint density at radius 3 is 2.48 bits per heavy atom. The molecule has 0 amide bonds. The lowest BCUT2D eigenvalue weighted by Gasteiger charge is -2.12. The van der Waals surface area contributed by atoms with Crippen LogP contribution in [0, 0.1) is 0 Å². The van der Waals surface area contributed by atoms with Crippen molar-refractivity contribution in [3.63, 3.8) is 0 Å². The molecular weight excluding hydrogens is 446 g/mol. The smallest absolute Gasteiger partial charge is 0.356 e. The molecule has 2 N–H and O–H groups in total. The van der Waals surface area contributed by atoms with Crippen LogP contribution in [0.3, 0.4) is 0 Å². The molecule has 0 bridgehead atoms. The number of alkyl halides is 3. The lowest BCUT2D eigenvalue weighted by molar-refractivity contribution is -0.142. The van der Waals surface area contributed by atoms with Gasteiger partial charge in [-0.15, -0.1) is 24.0 Å². The Balaban J connectivity index is 0.00000312. The van der Waals surface area contributed by atoms with Crippen molar-refractivity contribution in [2.75, 3.05) is 13.6 Å². The zero-order chi connectivity index (χ0) is 17.6. The van der Waals surface area contributed by atoms with Gasteiger partial charge in [0.25, 0.3) is 0 Å². The fraction of sp³-hybridized carbons (Fsp3) is 0.375. The lowest BCUT2D eigenvalue weighted by atomic mass is 10.1. The molecule has 0 saturated carbocycles. The summed E-state index contributed by atoms with van der Waals surface area (Å²) in [5.41, 5.74) is 0.375. The minimum absolute atomic E-state index is 0. The third kappa shape index (κ3) is 6.56. The van der Waals surface area contributed by atoms with E-state index in [9.17, 15) is 13.2 Å². The van der Waals surface area contributed by atoms with E-state index in [1.165, 1.54) is 18.8 Å². The highest BCUT2D eigenvalue weighted by atomic mass is 127. The fourth-order valence-electron chi connectivity index (χ4n) is 2.28. The molecule has 2 rings (SSSR count). The summed E-state index contributed by atoms with van der Waals surface area (Å²) in [6.07, 6.45) is -2.32. The second-order valence-electron chi connectivity index (χ2n) is 5.26. The van der Waals surface area contributed by atoms with Gasteiger partial charge >= 0.3 is 6.18 Å². The van der Waals surface area contributed by atoms with Crippen LogP contribution < -0.4 is 10.6 Å². The van der Waals surface area contributed by atoms with Crippen molar-refractivity contribution in [1.29, 1.82) is 0 Å². The molecule has 5 nitrogen and oxygen atoms in total. The molecule has 0 aliphatic heterocycles. The van der Waals surface area contributed by atoms with Gasteiger partial charge < -0.3 is 10.6 Å². The van der Waals surface area contributed by atoms with Crippen molar-refractivity contribution < 1.29 is 13.2 Å². The van der Waals surface area contributed by atoms with Crippen molar-refractivity contribution in [2.45, 2.75) is 19.1 Å². The molecule has 9 heteroatoms. The minimum atomic E-state index is -4.47. The summed E-state index contributed by atoms with van der Waals surface area (Å²) in [5, 5.41) is 9.45. The predicted octanol–water partition coefficient (Wildman–Crippen LogP) is 2.96. The summed E-state index contributed by atoms with van der Waals surface area (Å²) < 4.78 is 39.9. The van der Waals surface area contributed by atoms with Gasteiger partial charge in [0.1, 0.15) is 0 Å². The van der Waals surface area contributed by atoms with Crippen LogP contribution >= 0.6 is 24.0 Å². The number of rotatable bonds is 5. The molecule has 0 spiro atoms. The summed E-state index contributed by atoms with van der Waals surface area (Å²) in [4.78, 5) is 4.02. The number of guanidine groups is 1. The van der Waals surface area contributed by atoms with Crippen molar-refractivity contribution >= 4 is 29.9 Å². The zero-order valence-electron chi connectivity index (χ0n) is 14.0. The molecule has 1 heterocycles. The van der Waals surface area contributed by atoms with Crippen molar-refractivity contribution in [3.05, 3.63) is 53.3 Å². The summed E-state index contributed by atoms with van der Waals surface area (Å²) in [5.74, 6) is 0.447. The minimum Gasteiger partial charge on any atom is -0.356 e. The number of nitrogens with one attached hydrogen (secondary N) is 2. The standard InChI is InChI=1S/C16H20F3N5.HI/c1-20-15(21-9-8-12-6-4-3-5-7-12)22-10-13-11-24(2)23-14(13)16(17,18)19;/h3-7,11H,8-10H2,1-2H3,(H2,20,21,22);1H. The molecule has 0 radical (unpaired) electrons. The van der Waals surface area contributed by atoms with Crippen LogP contribution in [0.15, 0.2) is 41.5 Å². The topological polar surface area (TPSA) is 54.2 Å². The molecule has 0 aliphatic rings. The monoisotopic (exact) mass is 467 g/mol. The number of aryl methyl sites for hydroxylation is 1. The average Bonchev–Trinajstić information content (AvgIpc) is 2.93. The third-order valence-corrected chi connectivity index (χ3v) is 3.39. The summed E-state index contributed by atoms with van der Waals surface area (Å²) >= 11 is 0. The van der Waals surface area contributed by atoms with E-state index in [4.69, 9.17) is 0 Å². The van der Waals surface area contributed by atoms with Gasteiger partial charge in [0, 0.05) is 38.9 Å². The summed E-state index contributed by atoms with van der Waals surface area (Å²) in [6, 6.07) is 9.91. The van der Waals surface area contributed by atoms with E-state index < -0.39 is 11.9 Å². The van der Waals surface area contributed by atoms with Crippen molar-refractivity contribution in [3.8, 4) is 0 Å². The van der Waals surface area contributed by atoms with Crippen LogP contribution in [0.25, 0.3) is 0 Å². The Kier molecular flexibility index (Phi) is 8.20. The quantitative estimate of drug-likeness (QED) is 0.404. The molecule has 138 valence electrons. The first kappa shape index (κ1) is 21.3. The SMILES string of the molecule is CN=C(NCCc1ccccc1)NCc1cn(C)nc1C(F)(F)F.I. The van der Waals surface area contributed by atoms with Gasteiger partial charge in [0.05, 0.1) is 0 Å². The van der Waals surface area contributed by atoms with Gasteiger partial charge in [-0.2, -0.15) is 18.3 Å². The molecule has 2 aromatic rings. The van der Waals surface area contributed by atoms with Crippen LogP contribution in [0.2, 0.25) is 0 Å². The van der Waals surface area contributed by atoms with E-state index >= 15 is 0 Å². The first-order valence-corrected chi connectivity index (χ1v) is 7.48. The number of hydrogen-bond donors (Lipinski definition) is 2. The van der Waals surface area contributed by atoms with E-state index in [-0.39, 0.29) is 36.1 Å². The van der Waals surface area contributed by atoms with Crippen LogP contribution in [0.1, 0.15) is 16.8 Å². The maximum atomic E-state index is 12.9. The van der Waals surface area contributed by atoms with Crippen molar-refractivity contribution in [2.24, 2.45) is 12.0 Å². The molecule has 0 fully saturated rings. The average molecular weight is 467 g/mol. The number of nitrogens with zero attached hydrogens (tertiary/aromatic N) is 3. The maximum absolute atomic E-state index is 12.9. The Hall–Kier alpha value is -1.78. The van der Waals surface area contributed by atoms with Gasteiger partial charge in [0.2, 0.25) is 0 Å². The van der Waals surface area contributed by atoms with Crippen LogP contribution in [-0.2, 0) is 26.2 Å². The third-order valence-electron chi connectivity index (χ3n) is 3.39. The Morgan fingerprint density at radius 2 is 1.88 bits per heavy atom. The fourth-order valence-corrected chi connectivity index (χ4v) is 2.28. The summed E-state index contributed by atoms with van der Waals surface area (Å²) in [7, 11) is 3.04. The highest BCUT2D eigenvalue weighted by molar-refractivity contribution is 14.0. The van der Waals surface area contributed by atoms with Gasteiger partial charge in [-0.05, 0) is 12.0 Å². The number of aromatic nitrogens is 2. The van der Waals surface area contributed by atoms with Crippen LogP contribution in [0.4, 0.5) is 13.2 Å². The molecule has 25 heavy (non-hydrogen) atoms. The van der Waals surface area contributed by atoms with E-state index in [1.54, 1.807) is 7.05 Å². The molecule has 1 aromatic heterocycles. The molecule has 1 aromatic carbocycles. The first-order valence-electron chi connectivity index (χ1n) is 7.48. The van der Waals surface area contributed by atoms with Gasteiger partial charge in [-0.25, -0.2) is 0 Å². The van der Waals surface area contributed by atoms with Crippen LogP contribution in [-0.4, -0.2) is 29.3 Å².